The molecular weight excluding hydrogens is 379 g/mol. The smallest absolute Gasteiger partial charge is 0.0670 e. The molecule has 1 atom stereocenters. The highest BCUT2D eigenvalue weighted by Gasteiger charge is 2.33. The van der Waals surface area contributed by atoms with Crippen molar-refractivity contribution >= 4 is 28.9 Å². The zero-order valence-electron chi connectivity index (χ0n) is 15.7. The summed E-state index contributed by atoms with van der Waals surface area (Å²) in [6.45, 7) is 6.85. The van der Waals surface area contributed by atoms with Crippen LogP contribution in [0.3, 0.4) is 0 Å². The maximum absolute atomic E-state index is 6.63. The predicted molar refractivity (Wildman–Crippen MR) is 113 cm³/mol. The second kappa shape index (κ2) is 8.40. The molecule has 0 saturated carbocycles. The van der Waals surface area contributed by atoms with Crippen LogP contribution in [0.4, 0.5) is 5.69 Å². The van der Waals surface area contributed by atoms with Gasteiger partial charge in [-0.05, 0) is 55.2 Å². The third-order valence-electron chi connectivity index (χ3n) is 5.79. The quantitative estimate of drug-likeness (QED) is 0.685. The molecular formula is C22H26Cl2N2O. The van der Waals surface area contributed by atoms with Crippen LogP contribution in [0.2, 0.25) is 10.0 Å². The Hall–Kier alpha value is -1.26. The molecule has 4 rings (SSSR count). The molecule has 5 heteroatoms. The first-order chi connectivity index (χ1) is 13.1. The summed E-state index contributed by atoms with van der Waals surface area (Å²) in [6.07, 6.45) is 2.25. The SMILES string of the molecule is Cc1ccc(N2CCN(C3CCOCC3)CC2c2ccc(Cl)cc2)c(Cl)c1. The lowest BCUT2D eigenvalue weighted by Gasteiger charge is -2.46. The largest absolute Gasteiger partial charge is 0.381 e. The van der Waals surface area contributed by atoms with Crippen molar-refractivity contribution in [2.45, 2.75) is 31.8 Å². The fourth-order valence-corrected chi connectivity index (χ4v) is 4.76. The van der Waals surface area contributed by atoms with Gasteiger partial charge in [-0.3, -0.25) is 4.90 Å². The molecule has 2 saturated heterocycles. The minimum absolute atomic E-state index is 0.263. The number of rotatable bonds is 3. The number of piperazine rings is 1. The van der Waals surface area contributed by atoms with E-state index in [2.05, 4.69) is 47.1 Å². The predicted octanol–water partition coefficient (Wildman–Crippen LogP) is 5.34. The molecule has 0 radical (unpaired) electrons. The van der Waals surface area contributed by atoms with Crippen molar-refractivity contribution in [1.82, 2.24) is 4.90 Å². The van der Waals surface area contributed by atoms with E-state index in [0.29, 0.717) is 6.04 Å². The van der Waals surface area contributed by atoms with Gasteiger partial charge in [0.1, 0.15) is 0 Å². The average molecular weight is 405 g/mol. The van der Waals surface area contributed by atoms with Crippen molar-refractivity contribution in [2.24, 2.45) is 0 Å². The molecule has 2 aromatic carbocycles. The summed E-state index contributed by atoms with van der Waals surface area (Å²) >= 11 is 12.8. The number of hydrogen-bond acceptors (Lipinski definition) is 3. The summed E-state index contributed by atoms with van der Waals surface area (Å²) in [4.78, 5) is 5.10. The van der Waals surface area contributed by atoms with Crippen LogP contribution in [0.1, 0.15) is 30.0 Å². The number of nitrogens with zero attached hydrogens (tertiary/aromatic N) is 2. The van der Waals surface area contributed by atoms with E-state index in [1.54, 1.807) is 0 Å². The van der Waals surface area contributed by atoms with Crippen molar-refractivity contribution < 1.29 is 4.74 Å². The Balaban J connectivity index is 1.64. The maximum Gasteiger partial charge on any atom is 0.0670 e. The van der Waals surface area contributed by atoms with Crippen LogP contribution in [0, 0.1) is 6.92 Å². The van der Waals surface area contributed by atoms with E-state index in [1.807, 2.05) is 12.1 Å². The van der Waals surface area contributed by atoms with Gasteiger partial charge in [0.05, 0.1) is 16.8 Å². The van der Waals surface area contributed by atoms with Crippen LogP contribution in [-0.4, -0.2) is 43.8 Å². The Kier molecular flexibility index (Phi) is 5.93. The van der Waals surface area contributed by atoms with Crippen LogP contribution in [0.5, 0.6) is 0 Å². The number of ether oxygens (including phenoxy) is 1. The molecule has 0 bridgehead atoms. The number of aryl methyl sites for hydroxylation is 1. The van der Waals surface area contributed by atoms with E-state index in [9.17, 15) is 0 Å². The summed E-state index contributed by atoms with van der Waals surface area (Å²) in [5.41, 5.74) is 3.59. The topological polar surface area (TPSA) is 15.7 Å². The van der Waals surface area contributed by atoms with E-state index < -0.39 is 0 Å². The summed E-state index contributed by atoms with van der Waals surface area (Å²) in [7, 11) is 0. The molecule has 2 aromatic rings. The van der Waals surface area contributed by atoms with Crippen LogP contribution in [-0.2, 0) is 4.74 Å². The Morgan fingerprint density at radius 2 is 1.70 bits per heavy atom. The van der Waals surface area contributed by atoms with Gasteiger partial charge >= 0.3 is 0 Å². The lowest BCUT2D eigenvalue weighted by molar-refractivity contribution is 0.0270. The van der Waals surface area contributed by atoms with Crippen LogP contribution in [0.15, 0.2) is 42.5 Å². The first kappa shape index (κ1) is 19.1. The van der Waals surface area contributed by atoms with Gasteiger partial charge in [-0.15, -0.1) is 0 Å². The van der Waals surface area contributed by atoms with Gasteiger partial charge in [0, 0.05) is 43.9 Å². The van der Waals surface area contributed by atoms with E-state index >= 15 is 0 Å². The van der Waals surface area contributed by atoms with Crippen molar-refractivity contribution in [2.75, 3.05) is 37.7 Å². The van der Waals surface area contributed by atoms with Crippen molar-refractivity contribution in [3.8, 4) is 0 Å². The van der Waals surface area contributed by atoms with Gasteiger partial charge < -0.3 is 9.64 Å². The molecule has 0 aromatic heterocycles. The summed E-state index contributed by atoms with van der Waals surface area (Å²) in [6, 6.07) is 15.5. The number of benzene rings is 2. The second-order valence-electron chi connectivity index (χ2n) is 7.55. The third-order valence-corrected chi connectivity index (χ3v) is 6.34. The van der Waals surface area contributed by atoms with Gasteiger partial charge in [-0.2, -0.15) is 0 Å². The highest BCUT2D eigenvalue weighted by atomic mass is 35.5. The van der Waals surface area contributed by atoms with Crippen LogP contribution >= 0.6 is 23.2 Å². The summed E-state index contributed by atoms with van der Waals surface area (Å²) in [5.74, 6) is 0. The lowest BCUT2D eigenvalue weighted by atomic mass is 9.98. The lowest BCUT2D eigenvalue weighted by Crippen LogP contribution is -2.53. The van der Waals surface area contributed by atoms with Gasteiger partial charge in [0.15, 0.2) is 0 Å². The number of halogens is 2. The van der Waals surface area contributed by atoms with Crippen LogP contribution in [0.25, 0.3) is 0 Å². The second-order valence-corrected chi connectivity index (χ2v) is 8.40. The number of anilines is 1. The average Bonchev–Trinajstić information content (AvgIpc) is 2.69. The van der Waals surface area contributed by atoms with Crippen molar-refractivity contribution in [1.29, 1.82) is 0 Å². The van der Waals surface area contributed by atoms with E-state index in [0.717, 1.165) is 61.4 Å². The molecule has 2 aliphatic rings. The number of hydrogen-bond donors (Lipinski definition) is 0. The Labute approximate surface area is 171 Å². The standard InChI is InChI=1S/C22H26Cl2N2O/c1-16-2-7-21(20(24)14-16)26-11-10-25(19-8-12-27-13-9-19)15-22(26)17-3-5-18(23)6-4-17/h2-7,14,19,22H,8-13,15H2,1H3. The fourth-order valence-electron chi connectivity index (χ4n) is 4.29. The highest BCUT2D eigenvalue weighted by molar-refractivity contribution is 6.33. The minimum Gasteiger partial charge on any atom is -0.381 e. The van der Waals surface area contributed by atoms with Crippen LogP contribution < -0.4 is 4.90 Å². The Morgan fingerprint density at radius 1 is 0.963 bits per heavy atom. The van der Waals surface area contributed by atoms with Gasteiger partial charge in [0.25, 0.3) is 0 Å². The summed E-state index contributed by atoms with van der Waals surface area (Å²) < 4.78 is 5.56. The third kappa shape index (κ3) is 4.27. The highest BCUT2D eigenvalue weighted by Crippen LogP contribution is 2.37. The molecule has 0 amide bonds. The molecule has 2 heterocycles. The van der Waals surface area contributed by atoms with Gasteiger partial charge in [-0.1, -0.05) is 41.4 Å². The van der Waals surface area contributed by atoms with Gasteiger partial charge in [-0.25, -0.2) is 0 Å². The normalized spacial score (nSPS) is 22.2. The molecule has 0 spiro atoms. The van der Waals surface area contributed by atoms with E-state index in [1.165, 1.54) is 11.1 Å². The molecule has 0 aliphatic carbocycles. The Morgan fingerprint density at radius 3 is 2.41 bits per heavy atom. The first-order valence-electron chi connectivity index (χ1n) is 9.72. The zero-order chi connectivity index (χ0) is 18.8. The first-order valence-corrected chi connectivity index (χ1v) is 10.5. The van der Waals surface area contributed by atoms with Gasteiger partial charge in [0.2, 0.25) is 0 Å². The molecule has 0 N–H and O–H groups in total. The Bertz CT molecular complexity index is 774. The molecule has 3 nitrogen and oxygen atoms in total. The molecule has 2 fully saturated rings. The van der Waals surface area contributed by atoms with Crippen molar-refractivity contribution in [3.05, 3.63) is 63.6 Å². The molecule has 27 heavy (non-hydrogen) atoms. The van der Waals surface area contributed by atoms with E-state index in [-0.39, 0.29) is 6.04 Å². The molecule has 1 unspecified atom stereocenters. The maximum atomic E-state index is 6.63. The fraction of sp³-hybridized carbons (Fsp3) is 0.455. The zero-order valence-corrected chi connectivity index (χ0v) is 17.2. The van der Waals surface area contributed by atoms with E-state index in [4.69, 9.17) is 27.9 Å². The van der Waals surface area contributed by atoms with Crippen molar-refractivity contribution in [3.63, 3.8) is 0 Å². The monoisotopic (exact) mass is 404 g/mol. The minimum atomic E-state index is 0.263. The summed E-state index contributed by atoms with van der Waals surface area (Å²) in [5, 5.41) is 1.60. The molecule has 2 aliphatic heterocycles. The molecule has 144 valence electrons.